The van der Waals surface area contributed by atoms with E-state index in [2.05, 4.69) is 13.8 Å². The molecule has 0 spiro atoms. The van der Waals surface area contributed by atoms with Crippen LogP contribution < -0.4 is 10.5 Å². The molecule has 2 aromatic carbocycles. The van der Waals surface area contributed by atoms with E-state index in [1.54, 1.807) is 12.1 Å². The van der Waals surface area contributed by atoms with Gasteiger partial charge in [-0.15, -0.1) is 0 Å². The van der Waals surface area contributed by atoms with E-state index in [0.29, 0.717) is 11.7 Å². The maximum atomic E-state index is 12.6. The maximum Gasteiger partial charge on any atom is 0.416 e. The molecule has 0 fully saturated rings. The molecule has 0 saturated carbocycles. The van der Waals surface area contributed by atoms with Gasteiger partial charge in [-0.05, 0) is 41.8 Å². The molecule has 0 aromatic heterocycles. The van der Waals surface area contributed by atoms with Crippen LogP contribution in [-0.4, -0.2) is 0 Å². The smallest absolute Gasteiger partial charge is 0.416 e. The van der Waals surface area contributed by atoms with Gasteiger partial charge < -0.3 is 10.5 Å². The van der Waals surface area contributed by atoms with Crippen LogP contribution >= 0.6 is 0 Å². The van der Waals surface area contributed by atoms with Gasteiger partial charge in [-0.1, -0.05) is 26.0 Å². The van der Waals surface area contributed by atoms with Gasteiger partial charge in [-0.2, -0.15) is 13.2 Å². The zero-order valence-corrected chi connectivity index (χ0v) is 11.7. The third-order valence-corrected chi connectivity index (χ3v) is 3.11. The Kier molecular flexibility index (Phi) is 4.11. The molecule has 2 nitrogen and oxygen atoms in total. The number of halogens is 3. The zero-order chi connectivity index (χ0) is 15.6. The normalized spacial score (nSPS) is 11.7. The maximum absolute atomic E-state index is 12.6. The fourth-order valence-corrected chi connectivity index (χ4v) is 1.87. The van der Waals surface area contributed by atoms with E-state index in [9.17, 15) is 13.2 Å². The molecule has 0 bridgehead atoms. The van der Waals surface area contributed by atoms with Crippen LogP contribution in [0.25, 0.3) is 0 Å². The van der Waals surface area contributed by atoms with Gasteiger partial charge in [-0.25, -0.2) is 0 Å². The lowest BCUT2D eigenvalue weighted by molar-refractivity contribution is -0.137. The second-order valence-electron chi connectivity index (χ2n) is 5.08. The summed E-state index contributed by atoms with van der Waals surface area (Å²) in [6, 6.07) is 10.4. The van der Waals surface area contributed by atoms with Crippen LogP contribution in [0.4, 0.5) is 18.9 Å². The minimum Gasteiger partial charge on any atom is -0.455 e. The minimum absolute atomic E-state index is 0.0437. The van der Waals surface area contributed by atoms with Crippen molar-refractivity contribution < 1.29 is 17.9 Å². The van der Waals surface area contributed by atoms with Crippen molar-refractivity contribution in [1.82, 2.24) is 0 Å². The monoisotopic (exact) mass is 295 g/mol. The zero-order valence-electron chi connectivity index (χ0n) is 11.7. The number of benzene rings is 2. The van der Waals surface area contributed by atoms with Crippen LogP contribution in [0.5, 0.6) is 11.5 Å². The Balaban J connectivity index is 2.20. The van der Waals surface area contributed by atoms with E-state index in [-0.39, 0.29) is 11.4 Å². The van der Waals surface area contributed by atoms with Crippen LogP contribution in [0.1, 0.15) is 30.9 Å². The first-order chi connectivity index (χ1) is 9.77. The van der Waals surface area contributed by atoms with Crippen LogP contribution in [0.3, 0.4) is 0 Å². The molecule has 0 saturated heterocycles. The lowest BCUT2D eigenvalue weighted by atomic mass is 10.0. The summed E-state index contributed by atoms with van der Waals surface area (Å²) in [5.41, 5.74) is 5.94. The third-order valence-electron chi connectivity index (χ3n) is 3.11. The fourth-order valence-electron chi connectivity index (χ4n) is 1.87. The number of nitrogen functional groups attached to an aromatic ring is 1. The molecule has 0 radical (unpaired) electrons. The van der Waals surface area contributed by atoms with Crippen LogP contribution in [0, 0.1) is 0 Å². The molecule has 0 aliphatic rings. The fraction of sp³-hybridized carbons (Fsp3) is 0.250. The molecule has 0 heterocycles. The first kappa shape index (κ1) is 15.2. The Morgan fingerprint density at radius 3 is 2.10 bits per heavy atom. The van der Waals surface area contributed by atoms with Crippen molar-refractivity contribution in [3.63, 3.8) is 0 Å². The molecular weight excluding hydrogens is 279 g/mol. The average molecular weight is 295 g/mol. The molecule has 2 aromatic rings. The predicted molar refractivity (Wildman–Crippen MR) is 76.5 cm³/mol. The molecule has 5 heteroatoms. The summed E-state index contributed by atoms with van der Waals surface area (Å²) in [6.45, 7) is 4.15. The number of hydrogen-bond acceptors (Lipinski definition) is 2. The van der Waals surface area contributed by atoms with Crippen LogP contribution in [0.15, 0.2) is 42.5 Å². The first-order valence-corrected chi connectivity index (χ1v) is 6.52. The lowest BCUT2D eigenvalue weighted by Crippen LogP contribution is -2.06. The summed E-state index contributed by atoms with van der Waals surface area (Å²) >= 11 is 0. The Morgan fingerprint density at radius 2 is 1.62 bits per heavy atom. The summed E-state index contributed by atoms with van der Waals surface area (Å²) in [4.78, 5) is 0. The van der Waals surface area contributed by atoms with Crippen LogP contribution in [0.2, 0.25) is 0 Å². The Bertz CT molecular complexity index is 618. The quantitative estimate of drug-likeness (QED) is 0.789. The SMILES string of the molecule is CC(C)c1ccc(Oc2ccc(C(F)(F)F)cc2N)cc1. The summed E-state index contributed by atoms with van der Waals surface area (Å²) in [7, 11) is 0. The minimum atomic E-state index is -4.41. The molecule has 0 aliphatic heterocycles. The van der Waals surface area contributed by atoms with Gasteiger partial charge in [0.05, 0.1) is 11.3 Å². The van der Waals surface area contributed by atoms with E-state index in [0.717, 1.165) is 17.7 Å². The molecule has 112 valence electrons. The molecular formula is C16H16F3NO. The van der Waals surface area contributed by atoms with Gasteiger partial charge in [0.25, 0.3) is 0 Å². The van der Waals surface area contributed by atoms with Crippen LogP contribution in [-0.2, 0) is 6.18 Å². The van der Waals surface area contributed by atoms with Gasteiger partial charge in [0.1, 0.15) is 11.5 Å². The molecule has 21 heavy (non-hydrogen) atoms. The molecule has 0 unspecified atom stereocenters. The van der Waals surface area contributed by atoms with Gasteiger partial charge in [0.2, 0.25) is 0 Å². The van der Waals surface area contributed by atoms with E-state index < -0.39 is 11.7 Å². The number of hydrogen-bond donors (Lipinski definition) is 1. The Labute approximate surface area is 121 Å². The predicted octanol–water partition coefficient (Wildman–Crippen LogP) is 5.20. The molecule has 0 aliphatic carbocycles. The second-order valence-corrected chi connectivity index (χ2v) is 5.08. The Hall–Kier alpha value is -2.17. The lowest BCUT2D eigenvalue weighted by Gasteiger charge is -2.12. The number of alkyl halides is 3. The van der Waals surface area contributed by atoms with Gasteiger partial charge in [0.15, 0.2) is 0 Å². The summed E-state index contributed by atoms with van der Waals surface area (Å²) in [5.74, 6) is 1.14. The first-order valence-electron chi connectivity index (χ1n) is 6.52. The molecule has 0 atom stereocenters. The number of ether oxygens (including phenoxy) is 1. The van der Waals surface area contributed by atoms with Gasteiger partial charge in [0, 0.05) is 0 Å². The highest BCUT2D eigenvalue weighted by Crippen LogP contribution is 2.35. The van der Waals surface area contributed by atoms with Crippen molar-refractivity contribution in [1.29, 1.82) is 0 Å². The van der Waals surface area contributed by atoms with E-state index >= 15 is 0 Å². The number of rotatable bonds is 3. The van der Waals surface area contributed by atoms with Crippen molar-refractivity contribution >= 4 is 5.69 Å². The molecule has 0 amide bonds. The average Bonchev–Trinajstić information content (AvgIpc) is 2.40. The van der Waals surface area contributed by atoms with Crippen molar-refractivity contribution in [3.8, 4) is 11.5 Å². The van der Waals surface area contributed by atoms with E-state index in [4.69, 9.17) is 10.5 Å². The standard InChI is InChI=1S/C16H16F3NO/c1-10(2)11-3-6-13(7-4-11)21-15-8-5-12(9-14(15)20)16(17,18)19/h3-10H,20H2,1-2H3. The van der Waals surface area contributed by atoms with Gasteiger partial charge >= 0.3 is 6.18 Å². The highest BCUT2D eigenvalue weighted by atomic mass is 19.4. The highest BCUT2D eigenvalue weighted by molar-refractivity contribution is 5.56. The van der Waals surface area contributed by atoms with Crippen molar-refractivity contribution in [2.75, 3.05) is 5.73 Å². The number of anilines is 1. The number of nitrogens with two attached hydrogens (primary N) is 1. The summed E-state index contributed by atoms with van der Waals surface area (Å²) in [6.07, 6.45) is -4.41. The third kappa shape index (κ3) is 3.68. The van der Waals surface area contributed by atoms with Crippen molar-refractivity contribution in [3.05, 3.63) is 53.6 Å². The van der Waals surface area contributed by atoms with Crippen molar-refractivity contribution in [2.24, 2.45) is 0 Å². The topological polar surface area (TPSA) is 35.2 Å². The van der Waals surface area contributed by atoms with Crippen molar-refractivity contribution in [2.45, 2.75) is 25.9 Å². The highest BCUT2D eigenvalue weighted by Gasteiger charge is 2.30. The van der Waals surface area contributed by atoms with Gasteiger partial charge in [-0.3, -0.25) is 0 Å². The molecule has 2 N–H and O–H groups in total. The Morgan fingerprint density at radius 1 is 1.00 bits per heavy atom. The van der Waals surface area contributed by atoms with E-state index in [1.165, 1.54) is 6.07 Å². The molecule has 2 rings (SSSR count). The summed E-state index contributed by atoms with van der Waals surface area (Å²) in [5, 5.41) is 0. The second kappa shape index (κ2) is 5.68. The van der Waals surface area contributed by atoms with E-state index in [1.807, 2.05) is 12.1 Å². The largest absolute Gasteiger partial charge is 0.455 e. The summed E-state index contributed by atoms with van der Waals surface area (Å²) < 4.78 is 43.2.